The van der Waals surface area contributed by atoms with E-state index in [0.29, 0.717) is 30.1 Å². The summed E-state index contributed by atoms with van der Waals surface area (Å²) in [6, 6.07) is 7.48. The summed E-state index contributed by atoms with van der Waals surface area (Å²) in [4.78, 5) is 0. The monoisotopic (exact) mass is 374 g/mol. The molecule has 0 saturated carbocycles. The van der Waals surface area contributed by atoms with Gasteiger partial charge in [-0.15, -0.1) is 0 Å². The first-order valence-corrected chi connectivity index (χ1v) is 9.57. The summed E-state index contributed by atoms with van der Waals surface area (Å²) in [7, 11) is 0. The molecule has 0 amide bonds. The fourth-order valence-corrected chi connectivity index (χ4v) is 3.73. The Hall–Kier alpha value is -2.07. The van der Waals surface area contributed by atoms with Gasteiger partial charge in [-0.1, -0.05) is 49.8 Å². The molecule has 3 rings (SSSR count). The summed E-state index contributed by atoms with van der Waals surface area (Å²) in [5, 5.41) is 0. The van der Waals surface area contributed by atoms with Crippen LogP contribution in [0.15, 0.2) is 36.4 Å². The van der Waals surface area contributed by atoms with Crippen molar-refractivity contribution in [3.63, 3.8) is 0 Å². The predicted octanol–water partition coefficient (Wildman–Crippen LogP) is 7.07. The normalized spacial score (nSPS) is 20.3. The third-order valence-corrected chi connectivity index (χ3v) is 5.18. The van der Waals surface area contributed by atoms with Crippen LogP contribution >= 0.6 is 0 Å². The van der Waals surface area contributed by atoms with E-state index in [0.717, 1.165) is 19.3 Å². The lowest BCUT2D eigenvalue weighted by molar-refractivity contribution is -0.0214. The Kier molecular flexibility index (Phi) is 6.38. The van der Waals surface area contributed by atoms with E-state index in [-0.39, 0.29) is 11.1 Å². The molecular formula is C23H25F3O. The van der Waals surface area contributed by atoms with Gasteiger partial charge in [0.05, 0.1) is 12.7 Å². The molecule has 1 fully saturated rings. The molecule has 0 N–H and O–H groups in total. The Balaban J connectivity index is 1.85. The molecule has 0 spiro atoms. The van der Waals surface area contributed by atoms with Gasteiger partial charge in [0.2, 0.25) is 0 Å². The van der Waals surface area contributed by atoms with E-state index >= 15 is 0 Å². The number of allylic oxidation sites excluding steroid dienone is 1. The SMILES string of the molecule is C/C=C/c1ccc(-c2ccc(C3CCC(CCC)CO3)c(F)c2F)cc1F. The molecule has 144 valence electrons. The number of ether oxygens (including phenoxy) is 1. The molecule has 1 nitrogen and oxygen atoms in total. The van der Waals surface area contributed by atoms with E-state index in [1.807, 2.05) is 0 Å². The summed E-state index contributed by atoms with van der Waals surface area (Å²) in [5.41, 5.74) is 1.03. The van der Waals surface area contributed by atoms with E-state index in [1.165, 1.54) is 12.1 Å². The van der Waals surface area contributed by atoms with E-state index in [1.54, 1.807) is 37.3 Å². The van der Waals surface area contributed by atoms with Crippen LogP contribution in [-0.2, 0) is 4.74 Å². The third-order valence-electron chi connectivity index (χ3n) is 5.18. The van der Waals surface area contributed by atoms with Crippen molar-refractivity contribution in [3.8, 4) is 11.1 Å². The predicted molar refractivity (Wildman–Crippen MR) is 103 cm³/mol. The molecule has 1 aliphatic rings. The number of hydrogen-bond acceptors (Lipinski definition) is 1. The Morgan fingerprint density at radius 1 is 1.07 bits per heavy atom. The zero-order chi connectivity index (χ0) is 19.4. The van der Waals surface area contributed by atoms with Gasteiger partial charge in [0.25, 0.3) is 0 Å². The van der Waals surface area contributed by atoms with Crippen molar-refractivity contribution >= 4 is 6.08 Å². The minimum Gasteiger partial charge on any atom is -0.373 e. The topological polar surface area (TPSA) is 9.23 Å². The van der Waals surface area contributed by atoms with E-state index in [4.69, 9.17) is 4.74 Å². The lowest BCUT2D eigenvalue weighted by Crippen LogP contribution is -2.21. The molecule has 4 heteroatoms. The van der Waals surface area contributed by atoms with Gasteiger partial charge < -0.3 is 4.74 Å². The molecule has 1 aliphatic heterocycles. The molecule has 0 radical (unpaired) electrons. The van der Waals surface area contributed by atoms with E-state index in [9.17, 15) is 13.2 Å². The molecule has 0 bridgehead atoms. The van der Waals surface area contributed by atoms with Crippen LogP contribution in [0.2, 0.25) is 0 Å². The highest BCUT2D eigenvalue weighted by molar-refractivity contribution is 5.67. The van der Waals surface area contributed by atoms with Gasteiger partial charge in [-0.05, 0) is 43.7 Å². The maximum atomic E-state index is 14.7. The van der Waals surface area contributed by atoms with Gasteiger partial charge in [-0.3, -0.25) is 0 Å². The van der Waals surface area contributed by atoms with Crippen molar-refractivity contribution in [2.24, 2.45) is 5.92 Å². The molecule has 2 atom stereocenters. The van der Waals surface area contributed by atoms with Crippen LogP contribution in [0.3, 0.4) is 0 Å². The quantitative estimate of drug-likeness (QED) is 0.544. The van der Waals surface area contributed by atoms with Gasteiger partial charge in [-0.2, -0.15) is 0 Å². The van der Waals surface area contributed by atoms with Crippen molar-refractivity contribution in [1.82, 2.24) is 0 Å². The zero-order valence-electron chi connectivity index (χ0n) is 15.8. The first-order valence-electron chi connectivity index (χ1n) is 9.57. The van der Waals surface area contributed by atoms with Gasteiger partial charge in [0.1, 0.15) is 5.82 Å². The second kappa shape index (κ2) is 8.75. The Bertz CT molecular complexity index is 821. The first-order chi connectivity index (χ1) is 13.0. The van der Waals surface area contributed by atoms with E-state index in [2.05, 4.69) is 6.92 Å². The van der Waals surface area contributed by atoms with Crippen molar-refractivity contribution in [2.45, 2.75) is 45.6 Å². The highest BCUT2D eigenvalue weighted by atomic mass is 19.2. The number of hydrogen-bond donors (Lipinski definition) is 0. The Morgan fingerprint density at radius 2 is 1.89 bits per heavy atom. The molecule has 0 aliphatic carbocycles. The Labute approximate surface area is 158 Å². The molecule has 2 aromatic carbocycles. The molecule has 0 aromatic heterocycles. The van der Waals surface area contributed by atoms with Gasteiger partial charge in [-0.25, -0.2) is 13.2 Å². The third kappa shape index (κ3) is 4.27. The zero-order valence-corrected chi connectivity index (χ0v) is 15.8. The fraction of sp³-hybridized carbons (Fsp3) is 0.391. The van der Waals surface area contributed by atoms with Crippen molar-refractivity contribution in [3.05, 3.63) is 65.0 Å². The van der Waals surface area contributed by atoms with Gasteiger partial charge >= 0.3 is 0 Å². The van der Waals surface area contributed by atoms with E-state index < -0.39 is 23.6 Å². The molecular weight excluding hydrogens is 349 g/mol. The van der Waals surface area contributed by atoms with Gasteiger partial charge in [0, 0.05) is 16.7 Å². The lowest BCUT2D eigenvalue weighted by Gasteiger charge is -2.29. The van der Waals surface area contributed by atoms with Crippen LogP contribution < -0.4 is 0 Å². The minimum atomic E-state index is -0.954. The molecule has 1 heterocycles. The number of halogens is 3. The summed E-state index contributed by atoms with van der Waals surface area (Å²) in [6.45, 7) is 4.51. The summed E-state index contributed by atoms with van der Waals surface area (Å²) in [5.74, 6) is -1.82. The van der Waals surface area contributed by atoms with Crippen LogP contribution in [0.5, 0.6) is 0 Å². The lowest BCUT2D eigenvalue weighted by atomic mass is 9.90. The highest BCUT2D eigenvalue weighted by Gasteiger charge is 2.27. The van der Waals surface area contributed by atoms with Crippen molar-refractivity contribution in [2.75, 3.05) is 6.61 Å². The largest absolute Gasteiger partial charge is 0.373 e. The average Bonchev–Trinajstić information content (AvgIpc) is 2.67. The number of rotatable bonds is 5. The molecule has 2 aromatic rings. The molecule has 1 saturated heterocycles. The second-order valence-corrected chi connectivity index (χ2v) is 7.12. The van der Waals surface area contributed by atoms with Crippen LogP contribution in [0.4, 0.5) is 13.2 Å². The van der Waals surface area contributed by atoms with Crippen LogP contribution in [0.25, 0.3) is 17.2 Å². The van der Waals surface area contributed by atoms with Crippen molar-refractivity contribution < 1.29 is 17.9 Å². The maximum Gasteiger partial charge on any atom is 0.167 e. The first kappa shape index (κ1) is 19.7. The smallest absolute Gasteiger partial charge is 0.167 e. The molecule has 2 unspecified atom stereocenters. The van der Waals surface area contributed by atoms with Gasteiger partial charge in [0.15, 0.2) is 11.6 Å². The van der Waals surface area contributed by atoms with Crippen LogP contribution in [0.1, 0.15) is 56.8 Å². The van der Waals surface area contributed by atoms with Crippen LogP contribution in [0, 0.1) is 23.4 Å². The van der Waals surface area contributed by atoms with Crippen molar-refractivity contribution in [1.29, 1.82) is 0 Å². The average molecular weight is 374 g/mol. The molecule has 27 heavy (non-hydrogen) atoms. The Morgan fingerprint density at radius 3 is 2.52 bits per heavy atom. The highest BCUT2D eigenvalue weighted by Crippen LogP contribution is 2.36. The maximum absolute atomic E-state index is 14.7. The van der Waals surface area contributed by atoms with Crippen LogP contribution in [-0.4, -0.2) is 6.61 Å². The summed E-state index contributed by atoms with van der Waals surface area (Å²) < 4.78 is 49.4. The standard InChI is InChI=1S/C23H25F3O/c1-3-5-15-7-12-21(27-14-15)19-11-10-18(22(25)23(19)26)17-9-8-16(6-4-2)20(24)13-17/h4,6,8-11,13,15,21H,3,5,7,12,14H2,1-2H3/b6-4+. The fourth-order valence-electron chi connectivity index (χ4n) is 3.73. The summed E-state index contributed by atoms with van der Waals surface area (Å²) in [6.07, 6.45) is 6.77. The number of benzene rings is 2. The summed E-state index contributed by atoms with van der Waals surface area (Å²) >= 11 is 0. The minimum absolute atomic E-state index is 0.0573. The second-order valence-electron chi connectivity index (χ2n) is 7.12.